The number of unbranched alkanes of at least 4 members (excludes halogenated alkanes) is 1. The number of aliphatic hydroxyl groups excluding tert-OH is 4. The molecule has 0 heterocycles. The molecule has 0 aromatic rings. The zero-order chi connectivity index (χ0) is 17.3. The third kappa shape index (κ3) is 8.76. The van der Waals surface area contributed by atoms with Crippen molar-refractivity contribution in [2.45, 2.75) is 50.5 Å². The van der Waals surface area contributed by atoms with Gasteiger partial charge in [0.15, 0.2) is 0 Å². The topological polar surface area (TPSA) is 177 Å². The zero-order valence-corrected chi connectivity index (χ0v) is 13.1. The number of carbonyl (C=O) groups excluding carboxylic acids is 1. The van der Waals surface area contributed by atoms with Crippen LogP contribution in [0.15, 0.2) is 0 Å². The van der Waals surface area contributed by atoms with Crippen molar-refractivity contribution in [2.24, 2.45) is 0 Å². The van der Waals surface area contributed by atoms with E-state index in [9.17, 15) is 24.7 Å². The molecule has 132 valence electrons. The molecular weight excluding hydrogens is 321 g/mol. The monoisotopic (exact) mass is 345 g/mol. The fourth-order valence-corrected chi connectivity index (χ4v) is 1.94. The normalized spacial score (nSPS) is 17.6. The molecule has 11 heteroatoms. The van der Waals surface area contributed by atoms with Crippen molar-refractivity contribution in [2.75, 3.05) is 13.2 Å². The average molecular weight is 345 g/mol. The third-order valence-electron chi connectivity index (χ3n) is 2.87. The van der Waals surface area contributed by atoms with Gasteiger partial charge < -0.3 is 35.5 Å². The standard InChI is InChI=1S/C11H24NO9P/c1-2-3-4-9(15)12-7(5-13)10(16)11(17)8(14)6-21-22(18,19)20/h7-8,10-11,13-14,16-17H,2-6H2,1H3,(H,12,15)(H2,18,19,20)/t7-,8+,10+,11+/m0/s1. The molecule has 0 bridgehead atoms. The molecule has 0 rings (SSSR count). The Balaban J connectivity index is 4.50. The van der Waals surface area contributed by atoms with Gasteiger partial charge in [-0.05, 0) is 6.42 Å². The van der Waals surface area contributed by atoms with Crippen molar-refractivity contribution in [3.8, 4) is 0 Å². The van der Waals surface area contributed by atoms with Gasteiger partial charge >= 0.3 is 7.82 Å². The van der Waals surface area contributed by atoms with E-state index in [0.29, 0.717) is 6.42 Å². The lowest BCUT2D eigenvalue weighted by Crippen LogP contribution is -2.54. The minimum absolute atomic E-state index is 0.180. The molecule has 0 aromatic heterocycles. The van der Waals surface area contributed by atoms with Crippen LogP contribution in [-0.2, 0) is 13.9 Å². The molecule has 1 amide bonds. The maximum atomic E-state index is 11.5. The lowest BCUT2D eigenvalue weighted by atomic mass is 10.0. The fraction of sp³-hybridized carbons (Fsp3) is 0.909. The van der Waals surface area contributed by atoms with Crippen LogP contribution in [0.25, 0.3) is 0 Å². The average Bonchev–Trinajstić information content (AvgIpc) is 2.45. The Labute approximate surface area is 128 Å². The van der Waals surface area contributed by atoms with Crippen LogP contribution in [0.3, 0.4) is 0 Å². The quantitative estimate of drug-likeness (QED) is 0.206. The van der Waals surface area contributed by atoms with E-state index in [0.717, 1.165) is 6.42 Å². The van der Waals surface area contributed by atoms with Crippen molar-refractivity contribution in [1.29, 1.82) is 0 Å². The van der Waals surface area contributed by atoms with Crippen molar-refractivity contribution >= 4 is 13.7 Å². The van der Waals surface area contributed by atoms with Gasteiger partial charge in [0.1, 0.15) is 18.3 Å². The summed E-state index contributed by atoms with van der Waals surface area (Å²) in [5, 5.41) is 40.4. The summed E-state index contributed by atoms with van der Waals surface area (Å²) in [4.78, 5) is 28.5. The second-order valence-electron chi connectivity index (χ2n) is 4.80. The highest BCUT2D eigenvalue weighted by molar-refractivity contribution is 7.46. The summed E-state index contributed by atoms with van der Waals surface area (Å²) in [5.41, 5.74) is 0. The molecule has 22 heavy (non-hydrogen) atoms. The van der Waals surface area contributed by atoms with Gasteiger partial charge in [-0.15, -0.1) is 0 Å². The van der Waals surface area contributed by atoms with Crippen LogP contribution in [0.1, 0.15) is 26.2 Å². The minimum atomic E-state index is -4.83. The van der Waals surface area contributed by atoms with E-state index in [1.807, 2.05) is 6.92 Å². The molecule has 0 saturated heterocycles. The Morgan fingerprint density at radius 1 is 1.23 bits per heavy atom. The summed E-state index contributed by atoms with van der Waals surface area (Å²) in [5.74, 6) is -0.437. The van der Waals surface area contributed by atoms with Gasteiger partial charge in [-0.3, -0.25) is 9.32 Å². The van der Waals surface area contributed by atoms with E-state index < -0.39 is 51.3 Å². The van der Waals surface area contributed by atoms with E-state index in [1.54, 1.807) is 0 Å². The molecule has 0 aliphatic carbocycles. The van der Waals surface area contributed by atoms with Crippen molar-refractivity contribution in [1.82, 2.24) is 5.32 Å². The maximum absolute atomic E-state index is 11.5. The minimum Gasteiger partial charge on any atom is -0.394 e. The summed E-state index contributed by atoms with van der Waals surface area (Å²) in [7, 11) is -4.83. The summed E-state index contributed by atoms with van der Waals surface area (Å²) >= 11 is 0. The van der Waals surface area contributed by atoms with E-state index in [2.05, 4.69) is 9.84 Å². The molecule has 0 unspecified atom stereocenters. The van der Waals surface area contributed by atoms with E-state index in [4.69, 9.17) is 14.9 Å². The highest BCUT2D eigenvalue weighted by Gasteiger charge is 2.33. The number of nitrogens with one attached hydrogen (secondary N) is 1. The Morgan fingerprint density at radius 2 is 1.82 bits per heavy atom. The van der Waals surface area contributed by atoms with Crippen molar-refractivity contribution in [3.63, 3.8) is 0 Å². The number of amides is 1. The number of hydrogen-bond donors (Lipinski definition) is 7. The third-order valence-corrected chi connectivity index (χ3v) is 3.36. The van der Waals surface area contributed by atoms with Crippen LogP contribution >= 0.6 is 7.82 Å². The first kappa shape index (κ1) is 21.4. The number of carbonyl (C=O) groups is 1. The lowest BCUT2D eigenvalue weighted by molar-refractivity contribution is -0.126. The van der Waals surface area contributed by atoms with Gasteiger partial charge in [-0.2, -0.15) is 0 Å². The molecule has 0 spiro atoms. The van der Waals surface area contributed by atoms with E-state index in [1.165, 1.54) is 0 Å². The highest BCUT2D eigenvalue weighted by atomic mass is 31.2. The summed E-state index contributed by atoms with van der Waals surface area (Å²) < 4.78 is 14.5. The molecule has 0 fully saturated rings. The molecule has 0 radical (unpaired) electrons. The molecule has 7 N–H and O–H groups in total. The summed E-state index contributed by atoms with van der Waals surface area (Å²) in [6, 6.07) is -1.23. The van der Waals surface area contributed by atoms with E-state index >= 15 is 0 Å². The SMILES string of the molecule is CCCCC(=O)N[C@@H](CO)[C@@H](O)[C@H](O)[C@H](O)COP(=O)(O)O. The Bertz CT molecular complexity index is 375. The molecule has 0 aliphatic heterocycles. The number of hydrogen-bond acceptors (Lipinski definition) is 7. The van der Waals surface area contributed by atoms with Gasteiger partial charge in [-0.25, -0.2) is 4.57 Å². The van der Waals surface area contributed by atoms with Crippen LogP contribution in [0.2, 0.25) is 0 Å². The predicted molar refractivity (Wildman–Crippen MR) is 74.6 cm³/mol. The Morgan fingerprint density at radius 3 is 2.27 bits per heavy atom. The Kier molecular flexibility index (Phi) is 9.97. The fourth-order valence-electron chi connectivity index (χ4n) is 1.59. The maximum Gasteiger partial charge on any atom is 0.469 e. The van der Waals surface area contributed by atoms with Gasteiger partial charge in [0.05, 0.1) is 19.3 Å². The van der Waals surface area contributed by atoms with Gasteiger partial charge in [0.2, 0.25) is 5.91 Å². The molecule has 10 nitrogen and oxygen atoms in total. The van der Waals surface area contributed by atoms with Crippen molar-refractivity contribution in [3.05, 3.63) is 0 Å². The highest BCUT2D eigenvalue weighted by Crippen LogP contribution is 2.35. The summed E-state index contributed by atoms with van der Waals surface area (Å²) in [6.07, 6.45) is -3.87. The first-order valence-corrected chi connectivity index (χ1v) is 8.29. The first-order chi connectivity index (χ1) is 10.1. The number of phosphoric ester groups is 1. The smallest absolute Gasteiger partial charge is 0.394 e. The predicted octanol–water partition coefficient (Wildman–Crippen LogP) is -2.15. The molecule has 0 saturated carbocycles. The summed E-state index contributed by atoms with van der Waals surface area (Å²) in [6.45, 7) is 0.263. The second kappa shape index (κ2) is 10.2. The zero-order valence-electron chi connectivity index (χ0n) is 12.2. The molecular formula is C11H24NO9P. The van der Waals surface area contributed by atoms with Gasteiger partial charge in [-0.1, -0.05) is 13.3 Å². The number of aliphatic hydroxyl groups is 4. The second-order valence-corrected chi connectivity index (χ2v) is 6.03. The van der Waals surface area contributed by atoms with Gasteiger partial charge in [0.25, 0.3) is 0 Å². The molecule has 0 aliphatic rings. The number of phosphoric acid groups is 1. The van der Waals surface area contributed by atoms with Crippen LogP contribution in [-0.4, -0.2) is 73.7 Å². The van der Waals surface area contributed by atoms with Crippen LogP contribution < -0.4 is 5.32 Å². The number of rotatable bonds is 11. The van der Waals surface area contributed by atoms with Gasteiger partial charge in [0, 0.05) is 6.42 Å². The lowest BCUT2D eigenvalue weighted by Gasteiger charge is -2.29. The first-order valence-electron chi connectivity index (χ1n) is 6.76. The molecule has 0 aromatic carbocycles. The molecule has 4 atom stereocenters. The van der Waals surface area contributed by atoms with Crippen LogP contribution in [0.5, 0.6) is 0 Å². The largest absolute Gasteiger partial charge is 0.469 e. The Hall–Kier alpha value is -0.580. The van der Waals surface area contributed by atoms with Crippen LogP contribution in [0, 0.1) is 0 Å². The van der Waals surface area contributed by atoms with Crippen molar-refractivity contribution < 1.29 is 44.1 Å². The van der Waals surface area contributed by atoms with Crippen LogP contribution in [0.4, 0.5) is 0 Å². The van der Waals surface area contributed by atoms with E-state index in [-0.39, 0.29) is 6.42 Å².